The molecule has 4 N–H and O–H groups in total. The molecule has 0 saturated carbocycles. The van der Waals surface area contributed by atoms with Gasteiger partial charge in [-0.25, -0.2) is 18.9 Å². The van der Waals surface area contributed by atoms with Crippen molar-refractivity contribution >= 4 is 17.9 Å². The van der Waals surface area contributed by atoms with E-state index in [1.54, 1.807) is 18.5 Å². The first-order valence-corrected chi connectivity index (χ1v) is 13.8. The second-order valence-electron chi connectivity index (χ2n) is 10.5. The first kappa shape index (κ1) is 33.6. The maximum absolute atomic E-state index is 14.4. The van der Waals surface area contributed by atoms with Crippen LogP contribution in [0.15, 0.2) is 73.6 Å². The van der Waals surface area contributed by atoms with E-state index in [0.717, 1.165) is 37.3 Å². The average Bonchev–Trinajstić information content (AvgIpc) is 3.64. The van der Waals surface area contributed by atoms with Crippen LogP contribution in [0.3, 0.4) is 0 Å². The molecule has 0 spiro atoms. The van der Waals surface area contributed by atoms with Crippen LogP contribution >= 0.6 is 0 Å². The first-order valence-electron chi connectivity index (χ1n) is 13.8. The molecule has 0 unspecified atom stereocenters. The molecule has 0 aliphatic heterocycles. The number of hydrogen-bond acceptors (Lipinski definition) is 7. The topological polar surface area (TPSA) is 171 Å². The molecule has 0 aliphatic rings. The van der Waals surface area contributed by atoms with Gasteiger partial charge in [0.1, 0.15) is 5.82 Å². The van der Waals surface area contributed by atoms with Crippen LogP contribution in [-0.4, -0.2) is 74.7 Å². The molecule has 0 radical (unpaired) electrons. The van der Waals surface area contributed by atoms with Gasteiger partial charge in [-0.3, -0.25) is 14.5 Å². The van der Waals surface area contributed by atoms with Gasteiger partial charge in [0.05, 0.1) is 24.9 Å². The summed E-state index contributed by atoms with van der Waals surface area (Å²) in [4.78, 5) is 36.9. The molecule has 0 fully saturated rings. The summed E-state index contributed by atoms with van der Waals surface area (Å²) in [6.07, 6.45) is 8.04. The van der Waals surface area contributed by atoms with Gasteiger partial charge in [0, 0.05) is 56.5 Å². The third kappa shape index (κ3) is 9.85. The van der Waals surface area contributed by atoms with E-state index in [1.807, 2.05) is 41.6 Å². The number of halogens is 1. The maximum Gasteiger partial charge on any atom is 0.336 e. The minimum absolute atomic E-state index is 0.158. The van der Waals surface area contributed by atoms with Crippen molar-refractivity contribution in [3.63, 3.8) is 0 Å². The Morgan fingerprint density at radius 3 is 2.18 bits per heavy atom. The quantitative estimate of drug-likeness (QED) is 0.165. The number of hydrogen-bond donors (Lipinski definition) is 4. The van der Waals surface area contributed by atoms with Gasteiger partial charge in [-0.15, -0.1) is 0 Å². The lowest BCUT2D eigenvalue weighted by molar-refractivity contribution is -0.170. The fourth-order valence-electron chi connectivity index (χ4n) is 4.83. The Balaban J connectivity index is 0.000000345. The van der Waals surface area contributed by atoms with E-state index < -0.39 is 36.4 Å². The molecule has 0 aliphatic carbocycles. The van der Waals surface area contributed by atoms with Gasteiger partial charge in [-0.1, -0.05) is 35.9 Å². The number of carboxylic acids is 3. The number of imidazole rings is 1. The average molecular weight is 610 g/mol. The third-order valence-corrected chi connectivity index (χ3v) is 6.74. The summed E-state index contributed by atoms with van der Waals surface area (Å²) < 4.78 is 18.4. The van der Waals surface area contributed by atoms with Crippen LogP contribution in [-0.2, 0) is 34.0 Å². The third-order valence-electron chi connectivity index (χ3n) is 6.74. The van der Waals surface area contributed by atoms with Gasteiger partial charge in [0.15, 0.2) is 5.60 Å². The summed E-state index contributed by atoms with van der Waals surface area (Å²) in [6.45, 7) is 7.24. The second kappa shape index (κ2) is 15.5. The van der Waals surface area contributed by atoms with Gasteiger partial charge in [0.25, 0.3) is 0 Å². The molecule has 2 heterocycles. The highest BCUT2D eigenvalue weighted by Gasteiger charge is 2.40. The van der Waals surface area contributed by atoms with Gasteiger partial charge in [0.2, 0.25) is 0 Å². The number of nitrogens with zero attached hydrogens (tertiary/aromatic N) is 5. The lowest BCUT2D eigenvalue weighted by Crippen LogP contribution is -2.42. The second-order valence-corrected chi connectivity index (χ2v) is 10.5. The Bertz CT molecular complexity index is 1520. The minimum Gasteiger partial charge on any atom is -0.481 e. The summed E-state index contributed by atoms with van der Waals surface area (Å²) >= 11 is 0. The lowest BCUT2D eigenvalue weighted by atomic mass is 9.96. The van der Waals surface area contributed by atoms with E-state index in [4.69, 9.17) is 20.4 Å². The zero-order valence-corrected chi connectivity index (χ0v) is 24.5. The maximum atomic E-state index is 14.4. The van der Waals surface area contributed by atoms with Gasteiger partial charge < -0.3 is 25.0 Å². The standard InChI is InChI=1S/C25H28FN5.C6H8O7/c1-20-15-21(2)25(31-13-5-9-28-31)23(16-20)18-30(12-6-11-29-14-10-27-19-29)17-22-7-3-4-8-24(22)26;7-3(8)1-6(13,5(11)12)2-4(9)10/h3-5,7-10,13-16,19H,6,11-12,17-18H2,1-2H3;13H,1-2H2,(H,7,8)(H,9,10)(H,11,12). The van der Waals surface area contributed by atoms with Crippen molar-refractivity contribution in [1.82, 2.24) is 24.2 Å². The number of carboxylic acid groups (broad SMARTS) is 3. The van der Waals surface area contributed by atoms with Crippen LogP contribution in [0.25, 0.3) is 5.69 Å². The Morgan fingerprint density at radius 2 is 1.61 bits per heavy atom. The van der Waals surface area contributed by atoms with Crippen LogP contribution in [0, 0.1) is 19.7 Å². The number of aryl methyl sites for hydroxylation is 3. The zero-order chi connectivity index (χ0) is 32.3. The van der Waals surface area contributed by atoms with Crippen molar-refractivity contribution < 1.29 is 39.2 Å². The molecule has 12 nitrogen and oxygen atoms in total. The summed E-state index contributed by atoms with van der Waals surface area (Å²) in [7, 11) is 0. The molecular formula is C31H36FN5O7. The Kier molecular flexibility index (Phi) is 11.9. The molecule has 13 heteroatoms. The van der Waals surface area contributed by atoms with Gasteiger partial charge in [-0.2, -0.15) is 5.10 Å². The smallest absolute Gasteiger partial charge is 0.336 e. The van der Waals surface area contributed by atoms with Crippen LogP contribution in [0.4, 0.5) is 4.39 Å². The molecule has 0 atom stereocenters. The van der Waals surface area contributed by atoms with Gasteiger partial charge in [-0.05, 0) is 43.5 Å². The van der Waals surface area contributed by atoms with Crippen molar-refractivity contribution in [2.75, 3.05) is 6.54 Å². The van der Waals surface area contributed by atoms with Crippen molar-refractivity contribution in [2.24, 2.45) is 0 Å². The van der Waals surface area contributed by atoms with Crippen molar-refractivity contribution in [2.45, 2.75) is 58.3 Å². The van der Waals surface area contributed by atoms with E-state index in [2.05, 4.69) is 45.5 Å². The molecule has 0 bridgehead atoms. The highest BCUT2D eigenvalue weighted by Crippen LogP contribution is 2.24. The number of aliphatic carboxylic acids is 3. The number of benzene rings is 2. The fourth-order valence-corrected chi connectivity index (χ4v) is 4.83. The summed E-state index contributed by atoms with van der Waals surface area (Å²) in [5, 5.41) is 38.3. The van der Waals surface area contributed by atoms with Crippen LogP contribution in [0.5, 0.6) is 0 Å². The number of carbonyl (C=O) groups is 3. The van der Waals surface area contributed by atoms with Crippen LogP contribution < -0.4 is 0 Å². The SMILES string of the molecule is Cc1cc(C)c(-n2cccn2)c(CN(CCCn2ccnc2)Cc2ccccc2F)c1.O=C(O)CC(O)(CC(=O)O)C(=O)O. The summed E-state index contributed by atoms with van der Waals surface area (Å²) in [6, 6.07) is 13.4. The van der Waals surface area contributed by atoms with Crippen molar-refractivity contribution in [3.8, 4) is 5.69 Å². The normalized spacial score (nSPS) is 11.2. The fraction of sp³-hybridized carbons (Fsp3) is 0.323. The molecule has 0 saturated heterocycles. The predicted molar refractivity (Wildman–Crippen MR) is 157 cm³/mol. The van der Waals surface area contributed by atoms with Crippen molar-refractivity contribution in [3.05, 3.63) is 102 Å². The van der Waals surface area contributed by atoms with Crippen LogP contribution in [0.2, 0.25) is 0 Å². The Labute approximate surface area is 253 Å². The molecule has 4 rings (SSSR count). The van der Waals surface area contributed by atoms with E-state index in [9.17, 15) is 18.8 Å². The first-order chi connectivity index (χ1) is 20.9. The van der Waals surface area contributed by atoms with E-state index in [0.29, 0.717) is 6.54 Å². The largest absolute Gasteiger partial charge is 0.481 e. The number of aliphatic hydroxyl groups is 1. The summed E-state index contributed by atoms with van der Waals surface area (Å²) in [5.74, 6) is -5.18. The van der Waals surface area contributed by atoms with E-state index in [-0.39, 0.29) is 5.82 Å². The molecular weight excluding hydrogens is 573 g/mol. The molecule has 234 valence electrons. The predicted octanol–water partition coefficient (Wildman–Crippen LogP) is 3.67. The summed E-state index contributed by atoms with van der Waals surface area (Å²) in [5.41, 5.74) is 2.67. The van der Waals surface area contributed by atoms with Gasteiger partial charge >= 0.3 is 17.9 Å². The Morgan fingerprint density at radius 1 is 0.932 bits per heavy atom. The number of rotatable bonds is 14. The van der Waals surface area contributed by atoms with E-state index >= 15 is 0 Å². The highest BCUT2D eigenvalue weighted by atomic mass is 19.1. The number of aromatic nitrogens is 4. The molecule has 44 heavy (non-hydrogen) atoms. The van der Waals surface area contributed by atoms with Crippen LogP contribution in [0.1, 0.15) is 41.5 Å². The molecule has 2 aromatic carbocycles. The molecule has 2 aromatic heterocycles. The Hall–Kier alpha value is -4.88. The monoisotopic (exact) mass is 609 g/mol. The molecule has 0 amide bonds. The minimum atomic E-state index is -2.74. The zero-order valence-electron chi connectivity index (χ0n) is 24.5. The van der Waals surface area contributed by atoms with E-state index in [1.165, 1.54) is 22.8 Å². The molecule has 4 aromatic rings. The lowest BCUT2D eigenvalue weighted by Gasteiger charge is -2.25. The van der Waals surface area contributed by atoms with Crippen molar-refractivity contribution in [1.29, 1.82) is 0 Å². The highest BCUT2D eigenvalue weighted by molar-refractivity contribution is 5.88.